The van der Waals surface area contributed by atoms with Gasteiger partial charge in [-0.2, -0.15) is 0 Å². The largest absolute Gasteiger partial charge is 0.560 e. The SMILES string of the molecule is Cc1cc(C)c(-c2[c]cccc2)c(C)c1.[Br][Mg][Br]. The van der Waals surface area contributed by atoms with Crippen molar-refractivity contribution in [3.63, 3.8) is 0 Å². The number of halogens is 2. The molecule has 2 rings (SSSR count). The quantitative estimate of drug-likeness (QED) is 0.583. The van der Waals surface area contributed by atoms with Gasteiger partial charge < -0.3 is 0 Å². The van der Waals surface area contributed by atoms with Gasteiger partial charge in [-0.15, -0.1) is 0 Å². The van der Waals surface area contributed by atoms with Gasteiger partial charge in [0.15, 0.2) is 0 Å². The number of hydrogen-bond donors (Lipinski definition) is 0. The van der Waals surface area contributed by atoms with Crippen LogP contribution < -0.4 is 0 Å². The van der Waals surface area contributed by atoms with E-state index in [2.05, 4.69) is 76.9 Å². The van der Waals surface area contributed by atoms with Gasteiger partial charge in [-0.1, -0.05) is 42.0 Å². The van der Waals surface area contributed by atoms with Crippen molar-refractivity contribution in [1.82, 2.24) is 0 Å². The van der Waals surface area contributed by atoms with Gasteiger partial charge >= 0.3 is 16.0 Å². The molecule has 18 heavy (non-hydrogen) atoms. The van der Waals surface area contributed by atoms with Crippen LogP contribution in [0.15, 0.2) is 36.4 Å². The lowest BCUT2D eigenvalue weighted by molar-refractivity contribution is 1.32. The zero-order valence-electron chi connectivity index (χ0n) is 10.9. The predicted octanol–water partition coefficient (Wildman–Crippen LogP) is 5.39. The van der Waals surface area contributed by atoms with Crippen LogP contribution in [0.2, 0.25) is 0 Å². The molecule has 0 fully saturated rings. The molecule has 0 nitrogen and oxygen atoms in total. The van der Waals surface area contributed by atoms with Crippen LogP contribution in [0, 0.1) is 26.8 Å². The third kappa shape index (κ3) is 4.69. The van der Waals surface area contributed by atoms with E-state index in [1.807, 2.05) is 12.1 Å². The first kappa shape index (κ1) is 16.2. The van der Waals surface area contributed by atoms with Crippen LogP contribution in [0.1, 0.15) is 16.7 Å². The highest BCUT2D eigenvalue weighted by molar-refractivity contribution is 9.47. The summed E-state index contributed by atoms with van der Waals surface area (Å²) in [5, 5.41) is 0. The van der Waals surface area contributed by atoms with E-state index in [0.717, 1.165) is 0 Å². The molecule has 0 aliphatic carbocycles. The van der Waals surface area contributed by atoms with Crippen molar-refractivity contribution in [3.8, 4) is 11.1 Å². The minimum atomic E-state index is 0.0417. The first-order valence-electron chi connectivity index (χ1n) is 5.77. The lowest BCUT2D eigenvalue weighted by atomic mass is 9.94. The van der Waals surface area contributed by atoms with E-state index in [1.54, 1.807) is 0 Å². The Morgan fingerprint density at radius 3 is 2.00 bits per heavy atom. The van der Waals surface area contributed by atoms with E-state index < -0.39 is 0 Å². The number of benzene rings is 2. The van der Waals surface area contributed by atoms with Crippen molar-refractivity contribution in [1.29, 1.82) is 0 Å². The molecule has 2 aromatic rings. The molecule has 0 aliphatic heterocycles. The lowest BCUT2D eigenvalue weighted by Crippen LogP contribution is -1.89. The highest BCUT2D eigenvalue weighted by atomic mass is 79.9. The molecule has 3 heteroatoms. The second-order valence-corrected chi connectivity index (χ2v) is 12.2. The molecule has 0 bridgehead atoms. The van der Waals surface area contributed by atoms with Gasteiger partial charge in [0.2, 0.25) is 0 Å². The molecule has 0 aromatic heterocycles. The molecular formula is C15H15Br2Mg. The van der Waals surface area contributed by atoms with Gasteiger partial charge in [-0.05, 0) is 49.1 Å². The highest BCUT2D eigenvalue weighted by Gasteiger charge is 2.05. The van der Waals surface area contributed by atoms with Gasteiger partial charge in [0.05, 0.1) is 0 Å². The summed E-state index contributed by atoms with van der Waals surface area (Å²) in [7, 11) is 0. The maximum Gasteiger partial charge on any atom is 0.560 e. The first-order chi connectivity index (χ1) is 8.60. The van der Waals surface area contributed by atoms with Crippen molar-refractivity contribution >= 4 is 41.8 Å². The lowest BCUT2D eigenvalue weighted by Gasteiger charge is -2.10. The molecular weight excluding hydrogens is 364 g/mol. The smallest absolute Gasteiger partial charge is 0.280 e. The molecule has 0 aliphatic rings. The van der Waals surface area contributed by atoms with Crippen LogP contribution in [-0.4, -0.2) is 16.0 Å². The van der Waals surface area contributed by atoms with Crippen molar-refractivity contribution in [2.45, 2.75) is 20.8 Å². The minimum absolute atomic E-state index is 0.0417. The molecule has 0 unspecified atom stereocenters. The van der Waals surface area contributed by atoms with Crippen molar-refractivity contribution in [3.05, 3.63) is 59.2 Å². The third-order valence-corrected chi connectivity index (χ3v) is 2.66. The minimum Gasteiger partial charge on any atom is -0.280 e. The second kappa shape index (κ2) is 8.36. The van der Waals surface area contributed by atoms with Gasteiger partial charge in [0.1, 0.15) is 0 Å². The van der Waals surface area contributed by atoms with Crippen LogP contribution in [0.3, 0.4) is 0 Å². The van der Waals surface area contributed by atoms with Crippen molar-refractivity contribution < 1.29 is 0 Å². The first-order valence-corrected chi connectivity index (χ1v) is 13.6. The Labute approximate surface area is 132 Å². The normalized spacial score (nSPS) is 9.17. The summed E-state index contributed by atoms with van der Waals surface area (Å²) in [4.78, 5) is 0. The van der Waals surface area contributed by atoms with Crippen LogP contribution in [0.25, 0.3) is 11.1 Å². The zero-order chi connectivity index (χ0) is 13.5. The Kier molecular flexibility index (Phi) is 7.53. The van der Waals surface area contributed by atoms with Crippen molar-refractivity contribution in [2.75, 3.05) is 0 Å². The van der Waals surface area contributed by atoms with E-state index in [0.29, 0.717) is 0 Å². The molecule has 91 valence electrons. The molecule has 0 N–H and O–H groups in total. The predicted molar refractivity (Wildman–Crippen MR) is 88.5 cm³/mol. The van der Waals surface area contributed by atoms with Crippen LogP contribution in [-0.2, 0) is 0 Å². The standard InChI is InChI=1S/C15H15.2BrH.Mg/c1-11-9-12(2)15(13(3)10-11)14-7-5-4-6-8-14;;;/h4-7,9-10H,1-3H3;2*1H;/q;;;+2/p-2. The van der Waals surface area contributed by atoms with Gasteiger partial charge in [-0.25, -0.2) is 0 Å². The Morgan fingerprint density at radius 2 is 1.56 bits per heavy atom. The average Bonchev–Trinajstić information content (AvgIpc) is 2.30. The topological polar surface area (TPSA) is 0 Å². The monoisotopic (exact) mass is 377 g/mol. The Morgan fingerprint density at radius 1 is 1.00 bits per heavy atom. The van der Waals surface area contributed by atoms with Crippen molar-refractivity contribution in [2.24, 2.45) is 0 Å². The molecule has 0 atom stereocenters. The van der Waals surface area contributed by atoms with E-state index >= 15 is 0 Å². The maximum atomic E-state index is 3.29. The van der Waals surface area contributed by atoms with E-state index in [9.17, 15) is 0 Å². The van der Waals surface area contributed by atoms with E-state index in [4.69, 9.17) is 0 Å². The molecule has 0 heterocycles. The summed E-state index contributed by atoms with van der Waals surface area (Å²) in [5.74, 6) is 0. The molecule has 0 saturated heterocycles. The fourth-order valence-electron chi connectivity index (χ4n) is 2.15. The van der Waals surface area contributed by atoms with E-state index in [1.165, 1.54) is 27.8 Å². The molecule has 0 saturated carbocycles. The summed E-state index contributed by atoms with van der Waals surface area (Å²) in [6, 6.07) is 15.9. The summed E-state index contributed by atoms with van der Waals surface area (Å²) >= 11 is 6.44. The number of hydrogen-bond acceptors (Lipinski definition) is 0. The summed E-state index contributed by atoms with van der Waals surface area (Å²) in [5.41, 5.74) is 6.49. The third-order valence-electron chi connectivity index (χ3n) is 2.66. The summed E-state index contributed by atoms with van der Waals surface area (Å²) in [6.45, 7) is 6.46. The van der Waals surface area contributed by atoms with Gasteiger partial charge in [0, 0.05) is 0 Å². The zero-order valence-corrected chi connectivity index (χ0v) is 15.5. The Bertz CT molecular complexity index is 472. The fraction of sp³-hybridized carbons (Fsp3) is 0.200. The second-order valence-electron chi connectivity index (χ2n) is 4.15. The molecule has 1 radical (unpaired) electrons. The average molecular weight is 379 g/mol. The molecule has 2 aromatic carbocycles. The van der Waals surface area contributed by atoms with Gasteiger partial charge in [0.25, 0.3) is 0 Å². The highest BCUT2D eigenvalue weighted by Crippen LogP contribution is 2.27. The Balaban J connectivity index is 0.000000492. The number of aryl methyl sites for hydroxylation is 3. The summed E-state index contributed by atoms with van der Waals surface area (Å²) < 4.78 is 0. The molecule has 0 spiro atoms. The van der Waals surface area contributed by atoms with Crippen LogP contribution in [0.5, 0.6) is 0 Å². The summed E-state index contributed by atoms with van der Waals surface area (Å²) in [6.07, 6.45) is 0. The van der Waals surface area contributed by atoms with Crippen LogP contribution >= 0.6 is 25.8 Å². The van der Waals surface area contributed by atoms with Crippen LogP contribution in [0.4, 0.5) is 0 Å². The van der Waals surface area contributed by atoms with E-state index in [-0.39, 0.29) is 16.0 Å². The fourth-order valence-corrected chi connectivity index (χ4v) is 2.15. The Hall–Kier alpha value is 0.166. The maximum absolute atomic E-state index is 3.29. The number of rotatable bonds is 1. The van der Waals surface area contributed by atoms with Gasteiger partial charge in [-0.3, -0.25) is 25.8 Å². The molecule has 0 amide bonds.